The van der Waals surface area contributed by atoms with Crippen LogP contribution in [0.4, 0.5) is 19.0 Å². The molecule has 32 heavy (non-hydrogen) atoms. The number of likely N-dealkylation sites (N-methyl/N-ethyl adjacent to an activating group) is 1. The zero-order valence-electron chi connectivity index (χ0n) is 18.0. The number of nitrogens with zero attached hydrogens (tertiary/aromatic N) is 3. The second-order valence-electron chi connectivity index (χ2n) is 7.92. The maximum absolute atomic E-state index is 12.5. The van der Waals surface area contributed by atoms with Crippen molar-refractivity contribution >= 4 is 23.2 Å². The molecule has 0 radical (unpaired) electrons. The van der Waals surface area contributed by atoms with E-state index in [-0.39, 0.29) is 35.8 Å². The van der Waals surface area contributed by atoms with Crippen LogP contribution in [0.3, 0.4) is 0 Å². The fourth-order valence-electron chi connectivity index (χ4n) is 3.75. The summed E-state index contributed by atoms with van der Waals surface area (Å²) in [5.41, 5.74) is 1.33. The number of Topliss-reactive ketones (excluding diaryl/α,β-unsaturated/α-hetero) is 1. The Hall–Kier alpha value is -2.39. The molecule has 1 aromatic carbocycles. The van der Waals surface area contributed by atoms with E-state index in [0.717, 1.165) is 31.7 Å². The van der Waals surface area contributed by atoms with Gasteiger partial charge in [0.2, 0.25) is 0 Å². The molecular weight excluding hydrogens is 445 g/mol. The van der Waals surface area contributed by atoms with Crippen molar-refractivity contribution < 1.29 is 22.7 Å². The van der Waals surface area contributed by atoms with Crippen molar-refractivity contribution in [2.45, 2.75) is 50.9 Å². The van der Waals surface area contributed by atoms with Crippen LogP contribution >= 0.6 is 11.6 Å². The van der Waals surface area contributed by atoms with E-state index >= 15 is 0 Å². The number of ketones is 1. The zero-order valence-corrected chi connectivity index (χ0v) is 18.7. The van der Waals surface area contributed by atoms with Crippen molar-refractivity contribution in [3.05, 3.63) is 47.4 Å². The van der Waals surface area contributed by atoms with E-state index in [0.29, 0.717) is 17.2 Å². The Morgan fingerprint density at radius 2 is 1.94 bits per heavy atom. The third-order valence-corrected chi connectivity index (χ3v) is 5.40. The molecule has 10 heteroatoms. The molecule has 0 spiro atoms. The lowest BCUT2D eigenvalue weighted by Crippen LogP contribution is -2.46. The maximum atomic E-state index is 12.5. The minimum atomic E-state index is -4.75. The van der Waals surface area contributed by atoms with E-state index in [2.05, 4.69) is 31.8 Å². The number of aryl methyl sites for hydroxylation is 1. The number of carbonyl (C=O) groups excluding carboxylic acids is 1. The van der Waals surface area contributed by atoms with E-state index < -0.39 is 6.36 Å². The molecule has 0 aliphatic carbocycles. The predicted molar refractivity (Wildman–Crippen MR) is 116 cm³/mol. The number of hydrogen-bond acceptors (Lipinski definition) is 6. The molecule has 2 unspecified atom stereocenters. The molecule has 2 aromatic rings. The summed E-state index contributed by atoms with van der Waals surface area (Å²) >= 11 is 6.38. The highest BCUT2D eigenvalue weighted by atomic mass is 35.5. The molecule has 1 aliphatic rings. The van der Waals surface area contributed by atoms with Gasteiger partial charge in [0.15, 0.2) is 0 Å². The van der Waals surface area contributed by atoms with Crippen LogP contribution in [0.15, 0.2) is 30.3 Å². The van der Waals surface area contributed by atoms with E-state index in [9.17, 15) is 18.0 Å². The van der Waals surface area contributed by atoms with Gasteiger partial charge in [-0.25, -0.2) is 9.97 Å². The van der Waals surface area contributed by atoms with Crippen molar-refractivity contribution in [1.29, 1.82) is 0 Å². The van der Waals surface area contributed by atoms with Gasteiger partial charge < -0.3 is 15.0 Å². The van der Waals surface area contributed by atoms with Gasteiger partial charge in [-0.2, -0.15) is 0 Å². The third kappa shape index (κ3) is 7.63. The fourth-order valence-corrected chi connectivity index (χ4v) is 4.16. The first-order chi connectivity index (χ1) is 15.1. The van der Waals surface area contributed by atoms with Crippen molar-refractivity contribution in [2.24, 2.45) is 0 Å². The molecule has 1 aliphatic heterocycles. The van der Waals surface area contributed by atoms with Crippen molar-refractivity contribution in [3.8, 4) is 5.75 Å². The quantitative estimate of drug-likeness (QED) is 0.585. The van der Waals surface area contributed by atoms with Gasteiger partial charge in [-0.3, -0.25) is 4.79 Å². The third-order valence-electron chi connectivity index (χ3n) is 5.09. The number of carbonyl (C=O) groups is 1. The molecule has 0 amide bonds. The van der Waals surface area contributed by atoms with Crippen LogP contribution in [0.2, 0.25) is 0 Å². The average Bonchev–Trinajstić information content (AvgIpc) is 2.67. The van der Waals surface area contributed by atoms with E-state index in [1.165, 1.54) is 24.3 Å². The molecule has 1 saturated heterocycles. The van der Waals surface area contributed by atoms with Gasteiger partial charge in [0.05, 0.1) is 6.42 Å². The largest absolute Gasteiger partial charge is 0.573 e. The Balaban J connectivity index is 1.60. The number of alkyl halides is 4. The number of rotatable bonds is 8. The van der Waals surface area contributed by atoms with Crippen molar-refractivity contribution in [2.75, 3.05) is 25.0 Å². The number of nitrogens with one attached hydrogen (secondary N) is 1. The number of piperidine rings is 1. The molecule has 3 rings (SSSR count). The van der Waals surface area contributed by atoms with Gasteiger partial charge in [0, 0.05) is 42.7 Å². The molecule has 2 atom stereocenters. The van der Waals surface area contributed by atoms with Gasteiger partial charge >= 0.3 is 6.36 Å². The van der Waals surface area contributed by atoms with Gasteiger partial charge in [0.1, 0.15) is 23.2 Å². The second kappa shape index (κ2) is 10.5. The Morgan fingerprint density at radius 3 is 2.59 bits per heavy atom. The summed E-state index contributed by atoms with van der Waals surface area (Å²) in [7, 11) is 0. The lowest BCUT2D eigenvalue weighted by atomic mass is 10.1. The minimum absolute atomic E-state index is 0.0288. The lowest BCUT2D eigenvalue weighted by Gasteiger charge is -2.35. The van der Waals surface area contributed by atoms with Gasteiger partial charge in [-0.15, -0.1) is 24.8 Å². The van der Waals surface area contributed by atoms with Gasteiger partial charge in [0.25, 0.3) is 0 Å². The van der Waals surface area contributed by atoms with Crippen molar-refractivity contribution in [3.63, 3.8) is 0 Å². The summed E-state index contributed by atoms with van der Waals surface area (Å²) in [6.45, 7) is 6.59. The number of hydrogen-bond donors (Lipinski definition) is 1. The average molecular weight is 471 g/mol. The van der Waals surface area contributed by atoms with Crippen LogP contribution in [0.25, 0.3) is 0 Å². The Morgan fingerprint density at radius 1 is 1.22 bits per heavy atom. The van der Waals surface area contributed by atoms with E-state index in [4.69, 9.17) is 11.6 Å². The number of anilines is 1. The normalized spacial score (nSPS) is 19.6. The minimum Gasteiger partial charge on any atom is -0.406 e. The monoisotopic (exact) mass is 470 g/mol. The number of likely N-dealkylation sites (tertiary alicyclic amines) is 1. The first-order valence-corrected chi connectivity index (χ1v) is 10.9. The number of aromatic nitrogens is 2. The molecule has 0 saturated carbocycles. The predicted octanol–water partition coefficient (Wildman–Crippen LogP) is 4.15. The summed E-state index contributed by atoms with van der Waals surface area (Å²) in [5.74, 6) is 0.595. The lowest BCUT2D eigenvalue weighted by molar-refractivity contribution is -0.274. The first kappa shape index (κ1) is 24.3. The summed E-state index contributed by atoms with van der Waals surface area (Å²) in [4.78, 5) is 23.6. The van der Waals surface area contributed by atoms with Crippen LogP contribution in [-0.2, 0) is 17.6 Å². The van der Waals surface area contributed by atoms with Gasteiger partial charge in [-0.05, 0) is 37.6 Å². The topological polar surface area (TPSA) is 67.4 Å². The molecule has 0 bridgehead atoms. The highest BCUT2D eigenvalue weighted by Crippen LogP contribution is 2.23. The van der Waals surface area contributed by atoms with Crippen molar-refractivity contribution in [1.82, 2.24) is 14.9 Å². The van der Waals surface area contributed by atoms with E-state index in [1.807, 2.05) is 13.0 Å². The SMILES string of the molecule is CCN1CC(Cl)CC(Nc2cc(C)nc(CC(=O)Cc3ccc(OC(F)(F)F)cc3)n2)C1. The molecule has 174 valence electrons. The molecule has 1 aromatic heterocycles. The molecule has 2 heterocycles. The Bertz CT molecular complexity index is 924. The van der Waals surface area contributed by atoms with Crippen LogP contribution in [0.1, 0.15) is 30.4 Å². The molecule has 1 fully saturated rings. The summed E-state index contributed by atoms with van der Waals surface area (Å²) in [6.07, 6.45) is -3.83. The number of halogens is 4. The van der Waals surface area contributed by atoms with E-state index in [1.54, 1.807) is 0 Å². The smallest absolute Gasteiger partial charge is 0.406 e. The standard InChI is InChI=1S/C22H26ClF3N4O2/c1-3-30-12-16(23)10-17(13-30)28-20-8-14(2)27-21(29-20)11-18(31)9-15-4-6-19(7-5-15)32-22(24,25)26/h4-8,16-17H,3,9-13H2,1-2H3,(H,27,28,29). The Kier molecular flexibility index (Phi) is 7.95. The zero-order chi connectivity index (χ0) is 23.3. The van der Waals surface area contributed by atoms with Gasteiger partial charge in [-0.1, -0.05) is 19.1 Å². The van der Waals surface area contributed by atoms with Crippen LogP contribution in [0.5, 0.6) is 5.75 Å². The van der Waals surface area contributed by atoms with Crippen LogP contribution in [0, 0.1) is 6.92 Å². The molecule has 6 nitrogen and oxygen atoms in total. The Labute approximate surface area is 190 Å². The highest BCUT2D eigenvalue weighted by Gasteiger charge is 2.31. The van der Waals surface area contributed by atoms with Crippen LogP contribution in [-0.4, -0.2) is 58.1 Å². The fraction of sp³-hybridized carbons (Fsp3) is 0.500. The first-order valence-electron chi connectivity index (χ1n) is 10.4. The summed E-state index contributed by atoms with van der Waals surface area (Å²) in [6, 6.07) is 7.25. The summed E-state index contributed by atoms with van der Waals surface area (Å²) < 4.78 is 40.6. The molecular formula is C22H26ClF3N4O2. The number of benzene rings is 1. The second-order valence-corrected chi connectivity index (χ2v) is 8.54. The highest BCUT2D eigenvalue weighted by molar-refractivity contribution is 6.20. The van der Waals surface area contributed by atoms with Crippen LogP contribution < -0.4 is 10.1 Å². The molecule has 1 N–H and O–H groups in total. The maximum Gasteiger partial charge on any atom is 0.573 e. The summed E-state index contributed by atoms with van der Waals surface area (Å²) in [5, 5.41) is 3.48. The number of ether oxygens (including phenoxy) is 1.